The highest BCUT2D eigenvalue weighted by atomic mass is 16.6. The number of aryl methyl sites for hydroxylation is 1. The Morgan fingerprint density at radius 2 is 2.00 bits per heavy atom. The summed E-state index contributed by atoms with van der Waals surface area (Å²) in [4.78, 5) is 33.3. The van der Waals surface area contributed by atoms with Crippen LogP contribution in [0.2, 0.25) is 0 Å². The number of hydrogen-bond donors (Lipinski definition) is 2. The summed E-state index contributed by atoms with van der Waals surface area (Å²) < 4.78 is 1.29. The Morgan fingerprint density at radius 3 is 2.35 bits per heavy atom. The SMILES string of the molecule is Cn1cc([N+](=O)[O-])cc1C(=O)NC(C(=O)O)C(C)(C)C. The van der Waals surface area contributed by atoms with Gasteiger partial charge in [0.05, 0.1) is 11.1 Å². The summed E-state index contributed by atoms with van der Waals surface area (Å²) in [5, 5.41) is 22.2. The van der Waals surface area contributed by atoms with E-state index in [0.717, 1.165) is 6.07 Å². The molecule has 110 valence electrons. The van der Waals surface area contributed by atoms with Crippen LogP contribution in [0, 0.1) is 15.5 Å². The van der Waals surface area contributed by atoms with Crippen LogP contribution in [-0.4, -0.2) is 32.5 Å². The second-order valence-corrected chi connectivity index (χ2v) is 5.56. The molecule has 0 aliphatic rings. The number of nitrogens with one attached hydrogen (secondary N) is 1. The second-order valence-electron chi connectivity index (χ2n) is 5.56. The number of hydrogen-bond acceptors (Lipinski definition) is 4. The first-order valence-corrected chi connectivity index (χ1v) is 5.88. The van der Waals surface area contributed by atoms with Crippen LogP contribution >= 0.6 is 0 Å². The molecule has 0 saturated heterocycles. The molecule has 0 spiro atoms. The van der Waals surface area contributed by atoms with E-state index in [-0.39, 0.29) is 11.4 Å². The minimum Gasteiger partial charge on any atom is -0.480 e. The Kier molecular flexibility index (Phi) is 4.17. The number of carboxylic acids is 1. The smallest absolute Gasteiger partial charge is 0.326 e. The molecule has 0 radical (unpaired) electrons. The summed E-state index contributed by atoms with van der Waals surface area (Å²) in [5.41, 5.74) is -0.869. The Hall–Kier alpha value is -2.38. The molecule has 2 N–H and O–H groups in total. The maximum Gasteiger partial charge on any atom is 0.326 e. The zero-order chi connectivity index (χ0) is 15.7. The van der Waals surface area contributed by atoms with Gasteiger partial charge in [-0.3, -0.25) is 14.9 Å². The van der Waals surface area contributed by atoms with Gasteiger partial charge in [0.2, 0.25) is 0 Å². The lowest BCUT2D eigenvalue weighted by Crippen LogP contribution is -2.49. The van der Waals surface area contributed by atoms with Gasteiger partial charge >= 0.3 is 5.97 Å². The largest absolute Gasteiger partial charge is 0.480 e. The third-order valence-corrected chi connectivity index (χ3v) is 2.82. The van der Waals surface area contributed by atoms with E-state index in [1.54, 1.807) is 20.8 Å². The van der Waals surface area contributed by atoms with E-state index in [4.69, 9.17) is 5.11 Å². The van der Waals surface area contributed by atoms with Crippen LogP contribution in [-0.2, 0) is 11.8 Å². The van der Waals surface area contributed by atoms with Gasteiger partial charge in [-0.15, -0.1) is 0 Å². The lowest BCUT2D eigenvalue weighted by Gasteiger charge is -2.27. The molecule has 1 rings (SSSR count). The molecule has 8 nitrogen and oxygen atoms in total. The number of nitrogens with zero attached hydrogens (tertiary/aromatic N) is 2. The van der Waals surface area contributed by atoms with Gasteiger partial charge in [-0.25, -0.2) is 4.79 Å². The lowest BCUT2D eigenvalue weighted by molar-refractivity contribution is -0.384. The van der Waals surface area contributed by atoms with Gasteiger partial charge in [-0.1, -0.05) is 20.8 Å². The van der Waals surface area contributed by atoms with Gasteiger partial charge in [0.15, 0.2) is 0 Å². The van der Waals surface area contributed by atoms with Crippen LogP contribution in [0.15, 0.2) is 12.3 Å². The normalized spacial score (nSPS) is 12.8. The van der Waals surface area contributed by atoms with Crippen LogP contribution in [0.1, 0.15) is 31.3 Å². The van der Waals surface area contributed by atoms with Crippen molar-refractivity contribution in [3.63, 3.8) is 0 Å². The van der Waals surface area contributed by atoms with Gasteiger partial charge in [-0.2, -0.15) is 0 Å². The van der Waals surface area contributed by atoms with E-state index in [0.29, 0.717) is 0 Å². The Labute approximate surface area is 115 Å². The zero-order valence-corrected chi connectivity index (χ0v) is 11.7. The van der Waals surface area contributed by atoms with Crippen LogP contribution in [0.4, 0.5) is 5.69 Å². The molecule has 1 unspecified atom stereocenters. The third-order valence-electron chi connectivity index (χ3n) is 2.82. The molecule has 1 heterocycles. The fourth-order valence-corrected chi connectivity index (χ4v) is 1.73. The van der Waals surface area contributed by atoms with Crippen LogP contribution < -0.4 is 5.32 Å². The van der Waals surface area contributed by atoms with Crippen LogP contribution in [0.5, 0.6) is 0 Å². The number of carboxylic acid groups (broad SMARTS) is 1. The van der Waals surface area contributed by atoms with Crippen molar-refractivity contribution in [1.82, 2.24) is 9.88 Å². The van der Waals surface area contributed by atoms with Crippen molar-refractivity contribution in [3.8, 4) is 0 Å². The van der Waals surface area contributed by atoms with Crippen molar-refractivity contribution in [3.05, 3.63) is 28.1 Å². The first kappa shape index (κ1) is 15.7. The van der Waals surface area contributed by atoms with E-state index < -0.39 is 28.3 Å². The first-order valence-electron chi connectivity index (χ1n) is 5.88. The highest BCUT2D eigenvalue weighted by Crippen LogP contribution is 2.21. The highest BCUT2D eigenvalue weighted by Gasteiger charge is 2.33. The molecular weight excluding hydrogens is 266 g/mol. The topological polar surface area (TPSA) is 114 Å². The first-order chi connectivity index (χ1) is 9.04. The van der Waals surface area contributed by atoms with Crippen molar-refractivity contribution in [2.24, 2.45) is 12.5 Å². The minimum atomic E-state index is -1.16. The molecule has 1 amide bonds. The quantitative estimate of drug-likeness (QED) is 0.635. The van der Waals surface area contributed by atoms with Crippen molar-refractivity contribution in [2.75, 3.05) is 0 Å². The summed E-state index contributed by atoms with van der Waals surface area (Å²) in [6, 6.07) is 0.0145. The van der Waals surface area contributed by atoms with Crippen molar-refractivity contribution < 1.29 is 19.6 Å². The standard InChI is InChI=1S/C12H17N3O5/c1-12(2,3)9(11(17)18)13-10(16)8-5-7(15(19)20)6-14(8)4/h5-6,9H,1-4H3,(H,13,16)(H,17,18). The monoisotopic (exact) mass is 283 g/mol. The second kappa shape index (κ2) is 5.32. The molecule has 0 aliphatic carbocycles. The average molecular weight is 283 g/mol. The van der Waals surface area contributed by atoms with E-state index in [9.17, 15) is 19.7 Å². The predicted molar refractivity (Wildman–Crippen MR) is 70.4 cm³/mol. The number of aliphatic carboxylic acids is 1. The fourth-order valence-electron chi connectivity index (χ4n) is 1.73. The number of nitro groups is 1. The van der Waals surface area contributed by atoms with Gasteiger partial charge < -0.3 is 15.0 Å². The maximum atomic E-state index is 12.0. The van der Waals surface area contributed by atoms with Crippen LogP contribution in [0.25, 0.3) is 0 Å². The Bertz CT molecular complexity index is 556. The van der Waals surface area contributed by atoms with Gasteiger partial charge in [0.1, 0.15) is 11.7 Å². The minimum absolute atomic E-state index is 0.0344. The number of aromatic nitrogens is 1. The van der Waals surface area contributed by atoms with Gasteiger partial charge in [0.25, 0.3) is 11.6 Å². The summed E-state index contributed by atoms with van der Waals surface area (Å²) >= 11 is 0. The summed E-state index contributed by atoms with van der Waals surface area (Å²) in [7, 11) is 1.48. The Balaban J connectivity index is 3.01. The average Bonchev–Trinajstić information content (AvgIpc) is 2.66. The summed E-state index contributed by atoms with van der Waals surface area (Å²) in [5.74, 6) is -1.82. The van der Waals surface area contributed by atoms with Crippen LogP contribution in [0.3, 0.4) is 0 Å². The van der Waals surface area contributed by atoms with E-state index in [2.05, 4.69) is 5.32 Å². The number of amides is 1. The van der Waals surface area contributed by atoms with E-state index in [1.807, 2.05) is 0 Å². The van der Waals surface area contributed by atoms with Crippen molar-refractivity contribution in [2.45, 2.75) is 26.8 Å². The summed E-state index contributed by atoms with van der Waals surface area (Å²) in [6.45, 7) is 5.04. The molecule has 20 heavy (non-hydrogen) atoms. The molecule has 0 fully saturated rings. The molecule has 0 aliphatic heterocycles. The summed E-state index contributed by atoms with van der Waals surface area (Å²) in [6.07, 6.45) is 1.20. The molecule has 1 aromatic rings. The number of carbonyl (C=O) groups excluding carboxylic acids is 1. The maximum absolute atomic E-state index is 12.0. The van der Waals surface area contributed by atoms with Gasteiger partial charge in [0, 0.05) is 13.1 Å². The fraction of sp³-hybridized carbons (Fsp3) is 0.500. The number of carbonyl (C=O) groups is 2. The molecular formula is C12H17N3O5. The molecule has 0 aromatic carbocycles. The Morgan fingerprint density at radius 1 is 1.45 bits per heavy atom. The van der Waals surface area contributed by atoms with Crippen molar-refractivity contribution >= 4 is 17.6 Å². The number of rotatable bonds is 4. The molecule has 8 heteroatoms. The zero-order valence-electron chi connectivity index (χ0n) is 11.7. The van der Waals surface area contributed by atoms with E-state index >= 15 is 0 Å². The van der Waals surface area contributed by atoms with E-state index in [1.165, 1.54) is 17.8 Å². The third kappa shape index (κ3) is 3.34. The molecule has 0 saturated carbocycles. The lowest BCUT2D eigenvalue weighted by atomic mass is 9.86. The molecule has 1 aromatic heterocycles. The predicted octanol–water partition coefficient (Wildman–Crippen LogP) is 1.16. The molecule has 1 atom stereocenters. The molecule has 0 bridgehead atoms. The highest BCUT2D eigenvalue weighted by molar-refractivity contribution is 5.96. The van der Waals surface area contributed by atoms with Crippen molar-refractivity contribution in [1.29, 1.82) is 0 Å². The van der Waals surface area contributed by atoms with Gasteiger partial charge in [-0.05, 0) is 5.41 Å².